The van der Waals surface area contributed by atoms with Gasteiger partial charge in [0, 0.05) is 10.6 Å². The fourth-order valence-corrected chi connectivity index (χ4v) is 4.47. The smallest absolute Gasteiger partial charge is 0.251 e. The van der Waals surface area contributed by atoms with Gasteiger partial charge in [-0.15, -0.1) is 20.4 Å². The van der Waals surface area contributed by atoms with Gasteiger partial charge in [-0.1, -0.05) is 46.8 Å². The van der Waals surface area contributed by atoms with E-state index in [1.54, 1.807) is 35.8 Å². The molecule has 4 rings (SSSR count). The van der Waals surface area contributed by atoms with Gasteiger partial charge in [-0.2, -0.15) is 0 Å². The Kier molecular flexibility index (Phi) is 7.50. The molecule has 0 aliphatic heterocycles. The van der Waals surface area contributed by atoms with E-state index in [4.69, 9.17) is 11.6 Å². The summed E-state index contributed by atoms with van der Waals surface area (Å²) >= 11 is 8.61. The lowest BCUT2D eigenvalue weighted by atomic mass is 10.2. The molecule has 13 heteroatoms. The molecule has 2 heterocycles. The highest BCUT2D eigenvalue weighted by molar-refractivity contribution is 7.99. The van der Waals surface area contributed by atoms with Crippen LogP contribution in [-0.4, -0.2) is 42.5 Å². The molecule has 0 aliphatic carbocycles. The van der Waals surface area contributed by atoms with Crippen molar-refractivity contribution in [2.45, 2.75) is 18.6 Å². The molecule has 0 unspecified atom stereocenters. The van der Waals surface area contributed by atoms with Crippen LogP contribution >= 0.6 is 34.7 Å². The van der Waals surface area contributed by atoms with E-state index in [-0.39, 0.29) is 23.8 Å². The molecule has 0 aliphatic rings. The summed E-state index contributed by atoms with van der Waals surface area (Å²) in [5.41, 5.74) is 0.849. The van der Waals surface area contributed by atoms with E-state index < -0.39 is 11.7 Å². The second-order valence-electron chi connectivity index (χ2n) is 6.87. The van der Waals surface area contributed by atoms with Crippen molar-refractivity contribution in [3.8, 4) is 5.69 Å². The number of aromatic nitrogens is 5. The van der Waals surface area contributed by atoms with Crippen LogP contribution in [0.3, 0.4) is 0 Å². The first-order valence-electron chi connectivity index (χ1n) is 9.86. The first-order valence-corrected chi connectivity index (χ1v) is 12.0. The Bertz CT molecular complexity index is 1340. The SMILES string of the molecule is Cc1nnc(NC(=O)CSc2nnc(CNC(=O)c3cccc(F)c3)n2-c2cccc(Cl)c2)s1. The van der Waals surface area contributed by atoms with E-state index >= 15 is 0 Å². The lowest BCUT2D eigenvalue weighted by Crippen LogP contribution is -2.24. The van der Waals surface area contributed by atoms with E-state index in [9.17, 15) is 14.0 Å². The molecule has 0 radical (unpaired) electrons. The van der Waals surface area contributed by atoms with Gasteiger partial charge in [0.2, 0.25) is 11.0 Å². The van der Waals surface area contributed by atoms with Crippen LogP contribution in [0.1, 0.15) is 21.2 Å². The van der Waals surface area contributed by atoms with Crippen molar-refractivity contribution in [3.05, 3.63) is 75.8 Å². The summed E-state index contributed by atoms with van der Waals surface area (Å²) in [5.74, 6) is -0.777. The van der Waals surface area contributed by atoms with Gasteiger partial charge in [-0.25, -0.2) is 4.39 Å². The Morgan fingerprint density at radius 1 is 1.12 bits per heavy atom. The molecule has 0 atom stereocenters. The molecule has 0 fully saturated rings. The summed E-state index contributed by atoms with van der Waals surface area (Å²) < 4.78 is 15.1. The van der Waals surface area contributed by atoms with Crippen LogP contribution in [0.5, 0.6) is 0 Å². The molecule has 0 bridgehead atoms. The van der Waals surface area contributed by atoms with Gasteiger partial charge in [-0.3, -0.25) is 19.5 Å². The average molecular weight is 518 g/mol. The third kappa shape index (κ3) is 5.95. The second kappa shape index (κ2) is 10.7. The zero-order valence-electron chi connectivity index (χ0n) is 17.7. The molecule has 2 aromatic heterocycles. The molecule has 0 saturated carbocycles. The lowest BCUT2D eigenvalue weighted by Gasteiger charge is -2.11. The third-order valence-electron chi connectivity index (χ3n) is 4.37. The van der Waals surface area contributed by atoms with Gasteiger partial charge < -0.3 is 5.32 Å². The second-order valence-corrected chi connectivity index (χ2v) is 9.43. The highest BCUT2D eigenvalue weighted by atomic mass is 35.5. The van der Waals surface area contributed by atoms with E-state index in [0.29, 0.717) is 26.8 Å². The molecule has 0 spiro atoms. The Morgan fingerprint density at radius 2 is 1.94 bits per heavy atom. The van der Waals surface area contributed by atoms with E-state index in [1.807, 2.05) is 0 Å². The molecule has 9 nitrogen and oxygen atoms in total. The van der Waals surface area contributed by atoms with Crippen molar-refractivity contribution in [2.24, 2.45) is 0 Å². The number of nitrogens with one attached hydrogen (secondary N) is 2. The van der Waals surface area contributed by atoms with Gasteiger partial charge in [-0.05, 0) is 43.3 Å². The summed E-state index contributed by atoms with van der Waals surface area (Å²) in [6.45, 7) is 1.82. The largest absolute Gasteiger partial charge is 0.345 e. The monoisotopic (exact) mass is 517 g/mol. The number of amides is 2. The van der Waals surface area contributed by atoms with Crippen molar-refractivity contribution in [1.82, 2.24) is 30.3 Å². The van der Waals surface area contributed by atoms with Crippen molar-refractivity contribution in [3.63, 3.8) is 0 Å². The molecule has 2 aromatic carbocycles. The van der Waals surface area contributed by atoms with Crippen molar-refractivity contribution in [2.75, 3.05) is 11.1 Å². The number of anilines is 1. The molecule has 4 aromatic rings. The predicted molar refractivity (Wildman–Crippen MR) is 128 cm³/mol. The highest BCUT2D eigenvalue weighted by Gasteiger charge is 2.18. The standard InChI is InChI=1S/C21H17ClFN7O2S2/c1-12-26-28-20(34-12)25-18(31)11-33-21-29-27-17(30(21)16-7-3-5-14(22)9-16)10-24-19(32)13-4-2-6-15(23)8-13/h2-9H,10-11H2,1H3,(H,24,32)(H,25,28,31). The normalized spacial score (nSPS) is 10.8. The number of halogens is 2. The number of benzene rings is 2. The van der Waals surface area contributed by atoms with Crippen molar-refractivity contribution < 1.29 is 14.0 Å². The fourth-order valence-electron chi connectivity index (χ4n) is 2.91. The zero-order valence-corrected chi connectivity index (χ0v) is 20.0. The van der Waals surface area contributed by atoms with Crippen LogP contribution < -0.4 is 10.6 Å². The number of carbonyl (C=O) groups excluding carboxylic acids is 2. The van der Waals surface area contributed by atoms with Gasteiger partial charge in [0.1, 0.15) is 10.8 Å². The summed E-state index contributed by atoms with van der Waals surface area (Å²) in [7, 11) is 0. The number of thioether (sulfide) groups is 1. The third-order valence-corrected chi connectivity index (χ3v) is 6.28. The number of rotatable bonds is 8. The molecule has 34 heavy (non-hydrogen) atoms. The van der Waals surface area contributed by atoms with Crippen LogP contribution in [0.2, 0.25) is 5.02 Å². The van der Waals surface area contributed by atoms with E-state index in [1.165, 1.54) is 29.5 Å². The minimum atomic E-state index is -0.504. The number of nitrogens with zero attached hydrogens (tertiary/aromatic N) is 5. The quantitative estimate of drug-likeness (QED) is 0.341. The Balaban J connectivity index is 1.51. The van der Waals surface area contributed by atoms with Gasteiger partial charge in [0.15, 0.2) is 11.0 Å². The highest BCUT2D eigenvalue weighted by Crippen LogP contribution is 2.24. The minimum absolute atomic E-state index is 0.0195. The number of hydrogen-bond acceptors (Lipinski definition) is 8. The topological polar surface area (TPSA) is 115 Å². The molecule has 2 amide bonds. The van der Waals surface area contributed by atoms with Crippen LogP contribution in [-0.2, 0) is 11.3 Å². The van der Waals surface area contributed by atoms with Crippen LogP contribution in [0, 0.1) is 12.7 Å². The summed E-state index contributed by atoms with van der Waals surface area (Å²) in [5, 5.41) is 23.6. The molecular formula is C21H17ClFN7O2S2. The summed E-state index contributed by atoms with van der Waals surface area (Å²) in [6.07, 6.45) is 0. The molecular weight excluding hydrogens is 501 g/mol. The first kappa shape index (κ1) is 23.8. The van der Waals surface area contributed by atoms with E-state index in [2.05, 4.69) is 31.0 Å². The number of hydrogen-bond donors (Lipinski definition) is 2. The van der Waals surface area contributed by atoms with Crippen LogP contribution in [0.25, 0.3) is 5.69 Å². The summed E-state index contributed by atoms with van der Waals surface area (Å²) in [6, 6.07) is 12.4. The van der Waals surface area contributed by atoms with Crippen LogP contribution in [0.15, 0.2) is 53.7 Å². The molecule has 174 valence electrons. The Labute approximate surface area is 206 Å². The fraction of sp³-hybridized carbons (Fsp3) is 0.143. The predicted octanol–water partition coefficient (Wildman–Crippen LogP) is 3.88. The van der Waals surface area contributed by atoms with E-state index in [0.717, 1.165) is 22.8 Å². The van der Waals surface area contributed by atoms with Crippen LogP contribution in [0.4, 0.5) is 9.52 Å². The average Bonchev–Trinajstić information content (AvgIpc) is 3.41. The van der Waals surface area contributed by atoms with Gasteiger partial charge >= 0.3 is 0 Å². The molecule has 2 N–H and O–H groups in total. The van der Waals surface area contributed by atoms with Gasteiger partial charge in [0.25, 0.3) is 5.91 Å². The summed E-state index contributed by atoms with van der Waals surface area (Å²) in [4.78, 5) is 24.8. The lowest BCUT2D eigenvalue weighted by molar-refractivity contribution is -0.113. The number of carbonyl (C=O) groups is 2. The minimum Gasteiger partial charge on any atom is -0.345 e. The number of aryl methyl sites for hydroxylation is 1. The van der Waals surface area contributed by atoms with Crippen molar-refractivity contribution in [1.29, 1.82) is 0 Å². The maximum absolute atomic E-state index is 13.4. The molecule has 0 saturated heterocycles. The maximum Gasteiger partial charge on any atom is 0.251 e. The van der Waals surface area contributed by atoms with Crippen molar-refractivity contribution >= 4 is 51.6 Å². The Hall–Kier alpha value is -3.35. The van der Waals surface area contributed by atoms with Gasteiger partial charge in [0.05, 0.1) is 18.0 Å². The maximum atomic E-state index is 13.4. The Morgan fingerprint density at radius 3 is 2.68 bits per heavy atom. The zero-order chi connectivity index (χ0) is 24.1. The first-order chi connectivity index (χ1) is 16.4.